The van der Waals surface area contributed by atoms with Gasteiger partial charge in [-0.15, -0.1) is 0 Å². The van der Waals surface area contributed by atoms with Gasteiger partial charge < -0.3 is 9.15 Å². The van der Waals surface area contributed by atoms with Crippen molar-refractivity contribution in [1.82, 2.24) is 0 Å². The molecule has 106 valence electrons. The molecule has 0 bridgehead atoms. The van der Waals surface area contributed by atoms with Gasteiger partial charge in [-0.05, 0) is 24.6 Å². The number of carbonyl (C=O) groups is 1. The molecule has 0 spiro atoms. The highest BCUT2D eigenvalue weighted by molar-refractivity contribution is 5.82. The Labute approximate surface area is 115 Å². The van der Waals surface area contributed by atoms with E-state index < -0.39 is 4.92 Å². The van der Waals surface area contributed by atoms with E-state index in [1.165, 1.54) is 6.07 Å². The molecule has 1 heterocycles. The van der Waals surface area contributed by atoms with Crippen LogP contribution in [0.25, 0.3) is 11.0 Å². The lowest BCUT2D eigenvalue weighted by Crippen LogP contribution is -2.07. The van der Waals surface area contributed by atoms with Gasteiger partial charge in [0, 0.05) is 11.8 Å². The van der Waals surface area contributed by atoms with Crippen molar-refractivity contribution in [2.75, 3.05) is 0 Å². The van der Waals surface area contributed by atoms with Gasteiger partial charge in [0.05, 0.1) is 6.07 Å². The average Bonchev–Trinajstić information content (AvgIpc) is 2.82. The first-order chi connectivity index (χ1) is 9.60. The summed E-state index contributed by atoms with van der Waals surface area (Å²) >= 11 is 0. The first-order valence-electron chi connectivity index (χ1n) is 6.49. The highest BCUT2D eigenvalue weighted by atomic mass is 16.6. The number of nitro groups is 1. The number of fused-ring (bicyclic) bond motifs is 1. The van der Waals surface area contributed by atoms with Gasteiger partial charge in [0.2, 0.25) is 0 Å². The molecule has 1 aromatic heterocycles. The van der Waals surface area contributed by atoms with E-state index in [0.717, 1.165) is 19.3 Å². The Morgan fingerprint density at radius 3 is 2.85 bits per heavy atom. The van der Waals surface area contributed by atoms with Crippen LogP contribution < -0.4 is 4.74 Å². The highest BCUT2D eigenvalue weighted by Crippen LogP contribution is 2.28. The summed E-state index contributed by atoms with van der Waals surface area (Å²) in [6.07, 6.45) is 3.20. The van der Waals surface area contributed by atoms with Crippen molar-refractivity contribution in [3.8, 4) is 5.75 Å². The zero-order valence-electron chi connectivity index (χ0n) is 11.1. The van der Waals surface area contributed by atoms with Crippen LogP contribution in [-0.4, -0.2) is 10.9 Å². The first-order valence-corrected chi connectivity index (χ1v) is 6.49. The van der Waals surface area contributed by atoms with E-state index in [9.17, 15) is 14.9 Å². The Hall–Kier alpha value is -2.37. The number of benzene rings is 1. The number of furan rings is 1. The molecule has 0 N–H and O–H groups in total. The van der Waals surface area contributed by atoms with E-state index in [1.54, 1.807) is 18.2 Å². The second-order valence-corrected chi connectivity index (χ2v) is 4.47. The number of hydrogen-bond donors (Lipinski definition) is 0. The predicted octanol–water partition coefficient (Wildman–Crippen LogP) is 3.83. The number of ether oxygens (including phenoxy) is 1. The Morgan fingerprint density at radius 1 is 1.35 bits per heavy atom. The Bertz CT molecular complexity index is 632. The van der Waals surface area contributed by atoms with E-state index in [2.05, 4.69) is 6.92 Å². The minimum atomic E-state index is -0.601. The van der Waals surface area contributed by atoms with Gasteiger partial charge in [0.15, 0.2) is 0 Å². The third kappa shape index (κ3) is 3.34. The fourth-order valence-corrected chi connectivity index (χ4v) is 1.86. The number of unbranched alkanes of at least 4 members (excludes halogenated alkanes) is 2. The molecule has 6 nitrogen and oxygen atoms in total. The summed E-state index contributed by atoms with van der Waals surface area (Å²) in [5, 5.41) is 11.1. The summed E-state index contributed by atoms with van der Waals surface area (Å²) in [5.74, 6) is -0.253. The maximum atomic E-state index is 11.6. The first kappa shape index (κ1) is 14.0. The van der Waals surface area contributed by atoms with Gasteiger partial charge in [-0.3, -0.25) is 14.9 Å². The van der Waals surface area contributed by atoms with Crippen LogP contribution in [-0.2, 0) is 4.79 Å². The molecule has 0 saturated carbocycles. The summed E-state index contributed by atoms with van der Waals surface area (Å²) < 4.78 is 10.2. The van der Waals surface area contributed by atoms with Gasteiger partial charge >= 0.3 is 11.9 Å². The van der Waals surface area contributed by atoms with Crippen LogP contribution in [0.2, 0.25) is 0 Å². The fraction of sp³-hybridized carbons (Fsp3) is 0.357. The number of carbonyl (C=O) groups excluding carboxylic acids is 1. The van der Waals surface area contributed by atoms with Gasteiger partial charge in [-0.1, -0.05) is 19.8 Å². The summed E-state index contributed by atoms with van der Waals surface area (Å²) in [7, 11) is 0. The third-order valence-corrected chi connectivity index (χ3v) is 2.87. The normalized spacial score (nSPS) is 10.7. The summed E-state index contributed by atoms with van der Waals surface area (Å²) in [6.45, 7) is 2.06. The molecule has 6 heteroatoms. The summed E-state index contributed by atoms with van der Waals surface area (Å²) in [5.41, 5.74) is 0.391. The van der Waals surface area contributed by atoms with Crippen LogP contribution in [0.3, 0.4) is 0 Å². The van der Waals surface area contributed by atoms with Crippen molar-refractivity contribution < 1.29 is 18.9 Å². The molecule has 0 unspecified atom stereocenters. The number of nitrogens with zero attached hydrogens (tertiary/aromatic N) is 1. The van der Waals surface area contributed by atoms with Crippen molar-refractivity contribution in [3.63, 3.8) is 0 Å². The monoisotopic (exact) mass is 277 g/mol. The molecule has 0 fully saturated rings. The minimum absolute atomic E-state index is 0.296. The lowest BCUT2D eigenvalue weighted by atomic mass is 10.2. The standard InChI is InChI=1S/C14H15NO5/c1-2-3-4-5-14(16)19-11-6-7-12-10(8-11)9-13(20-12)15(17)18/h6-9H,2-5H2,1H3. The van der Waals surface area contributed by atoms with Crippen molar-refractivity contribution in [3.05, 3.63) is 34.4 Å². The van der Waals surface area contributed by atoms with Gasteiger partial charge in [-0.25, -0.2) is 0 Å². The summed E-state index contributed by atoms with van der Waals surface area (Å²) in [6, 6.07) is 5.98. The van der Waals surface area contributed by atoms with E-state index in [1.807, 2.05) is 0 Å². The molecular formula is C14H15NO5. The Morgan fingerprint density at radius 2 is 2.15 bits per heavy atom. The van der Waals surface area contributed by atoms with Crippen LogP contribution >= 0.6 is 0 Å². The van der Waals surface area contributed by atoms with Crippen LogP contribution in [0.15, 0.2) is 28.7 Å². The molecule has 0 aliphatic rings. The van der Waals surface area contributed by atoms with Crippen molar-refractivity contribution in [2.24, 2.45) is 0 Å². The average molecular weight is 277 g/mol. The van der Waals surface area contributed by atoms with Gasteiger partial charge in [0.1, 0.15) is 16.3 Å². The molecule has 0 radical (unpaired) electrons. The van der Waals surface area contributed by atoms with Crippen molar-refractivity contribution in [2.45, 2.75) is 32.6 Å². The van der Waals surface area contributed by atoms with Crippen LogP contribution in [0, 0.1) is 10.1 Å². The van der Waals surface area contributed by atoms with Crippen LogP contribution in [0.5, 0.6) is 5.75 Å². The lowest BCUT2D eigenvalue weighted by molar-refractivity contribution is -0.401. The van der Waals surface area contributed by atoms with E-state index in [0.29, 0.717) is 23.1 Å². The maximum absolute atomic E-state index is 11.6. The smallest absolute Gasteiger partial charge is 0.427 e. The largest absolute Gasteiger partial charge is 0.434 e. The molecule has 2 rings (SSSR count). The number of rotatable bonds is 6. The Kier molecular flexibility index (Phi) is 4.34. The fourth-order valence-electron chi connectivity index (χ4n) is 1.86. The van der Waals surface area contributed by atoms with Gasteiger partial charge in [-0.2, -0.15) is 0 Å². The molecule has 20 heavy (non-hydrogen) atoms. The molecule has 2 aromatic rings. The third-order valence-electron chi connectivity index (χ3n) is 2.87. The van der Waals surface area contributed by atoms with Crippen molar-refractivity contribution in [1.29, 1.82) is 0 Å². The van der Waals surface area contributed by atoms with E-state index >= 15 is 0 Å². The molecule has 1 aromatic carbocycles. The topological polar surface area (TPSA) is 82.6 Å². The number of esters is 1. The molecule has 0 saturated heterocycles. The summed E-state index contributed by atoms with van der Waals surface area (Å²) in [4.78, 5) is 21.6. The SMILES string of the molecule is CCCCCC(=O)Oc1ccc2oc([N+](=O)[O-])cc2c1. The van der Waals surface area contributed by atoms with Gasteiger partial charge in [0.25, 0.3) is 0 Å². The Balaban J connectivity index is 2.07. The van der Waals surface area contributed by atoms with Crippen LogP contribution in [0.4, 0.5) is 5.88 Å². The second kappa shape index (κ2) is 6.18. The molecular weight excluding hydrogens is 262 g/mol. The minimum Gasteiger partial charge on any atom is -0.427 e. The maximum Gasteiger partial charge on any atom is 0.434 e. The van der Waals surface area contributed by atoms with E-state index in [4.69, 9.17) is 9.15 Å². The second-order valence-electron chi connectivity index (χ2n) is 4.47. The molecule has 0 aliphatic carbocycles. The lowest BCUT2D eigenvalue weighted by Gasteiger charge is -2.03. The highest BCUT2D eigenvalue weighted by Gasteiger charge is 2.14. The van der Waals surface area contributed by atoms with E-state index in [-0.39, 0.29) is 11.9 Å². The molecule has 0 aliphatic heterocycles. The van der Waals surface area contributed by atoms with Crippen LogP contribution in [0.1, 0.15) is 32.6 Å². The zero-order chi connectivity index (χ0) is 14.5. The zero-order valence-corrected chi connectivity index (χ0v) is 11.1. The quantitative estimate of drug-likeness (QED) is 0.263. The predicted molar refractivity (Wildman–Crippen MR) is 72.6 cm³/mol. The molecule has 0 atom stereocenters. The van der Waals surface area contributed by atoms with Crippen molar-refractivity contribution >= 4 is 22.8 Å². The number of hydrogen-bond acceptors (Lipinski definition) is 5. The molecule has 0 amide bonds.